The van der Waals surface area contributed by atoms with E-state index in [4.69, 9.17) is 11.6 Å². The van der Waals surface area contributed by atoms with E-state index in [2.05, 4.69) is 10.3 Å². The predicted octanol–water partition coefficient (Wildman–Crippen LogP) is 2.58. The average molecular weight is 311 g/mol. The lowest BCUT2D eigenvalue weighted by Crippen LogP contribution is -2.28. The van der Waals surface area contributed by atoms with Crippen LogP contribution in [0, 0.1) is 0 Å². The third kappa shape index (κ3) is 4.59. The van der Waals surface area contributed by atoms with Gasteiger partial charge in [-0.2, -0.15) is 0 Å². The molecule has 1 amide bonds. The molecule has 2 rings (SSSR count). The van der Waals surface area contributed by atoms with E-state index < -0.39 is 6.10 Å². The summed E-state index contributed by atoms with van der Waals surface area (Å²) >= 11 is 7.11. The van der Waals surface area contributed by atoms with Crippen LogP contribution in [0.3, 0.4) is 0 Å². The molecule has 2 aromatic heterocycles. The highest BCUT2D eigenvalue weighted by molar-refractivity contribution is 7.16. The van der Waals surface area contributed by atoms with E-state index in [1.54, 1.807) is 18.3 Å². The molecule has 0 saturated carbocycles. The van der Waals surface area contributed by atoms with Crippen LogP contribution in [0.4, 0.5) is 0 Å². The topological polar surface area (TPSA) is 62.2 Å². The molecule has 4 nitrogen and oxygen atoms in total. The summed E-state index contributed by atoms with van der Waals surface area (Å²) < 4.78 is 0.625. The summed E-state index contributed by atoms with van der Waals surface area (Å²) in [6.07, 6.45) is 1.94. The van der Waals surface area contributed by atoms with Crippen molar-refractivity contribution in [3.8, 4) is 0 Å². The zero-order chi connectivity index (χ0) is 14.4. The third-order valence-corrected chi connectivity index (χ3v) is 4.08. The molecule has 0 aromatic carbocycles. The number of nitrogens with zero attached hydrogens (tertiary/aromatic N) is 1. The molecule has 106 valence electrons. The summed E-state index contributed by atoms with van der Waals surface area (Å²) in [7, 11) is 0. The molecule has 0 spiro atoms. The fourth-order valence-electron chi connectivity index (χ4n) is 1.69. The van der Waals surface area contributed by atoms with Crippen LogP contribution >= 0.6 is 22.9 Å². The summed E-state index contributed by atoms with van der Waals surface area (Å²) in [5.41, 5.74) is 0.883. The second-order valence-electron chi connectivity index (χ2n) is 4.28. The molecule has 0 aliphatic rings. The van der Waals surface area contributed by atoms with Crippen LogP contribution in [0.2, 0.25) is 4.34 Å². The number of pyridine rings is 1. The van der Waals surface area contributed by atoms with Crippen molar-refractivity contribution in [2.24, 2.45) is 0 Å². The van der Waals surface area contributed by atoms with Crippen molar-refractivity contribution in [1.82, 2.24) is 10.3 Å². The number of carbonyl (C=O) groups is 1. The normalized spacial score (nSPS) is 12.1. The van der Waals surface area contributed by atoms with Crippen LogP contribution in [0.15, 0.2) is 36.5 Å². The Morgan fingerprint density at radius 2 is 2.25 bits per heavy atom. The van der Waals surface area contributed by atoms with Crippen LogP contribution < -0.4 is 5.32 Å². The second kappa shape index (κ2) is 7.38. The van der Waals surface area contributed by atoms with Gasteiger partial charge >= 0.3 is 0 Å². The molecule has 0 saturated heterocycles. The molecule has 0 fully saturated rings. The Labute approximate surface area is 126 Å². The number of rotatable bonds is 6. The highest BCUT2D eigenvalue weighted by atomic mass is 35.5. The minimum Gasteiger partial charge on any atom is -0.386 e. The molecule has 2 N–H and O–H groups in total. The van der Waals surface area contributed by atoms with Crippen molar-refractivity contribution >= 4 is 28.8 Å². The van der Waals surface area contributed by atoms with Gasteiger partial charge in [0.05, 0.1) is 4.34 Å². The lowest BCUT2D eigenvalue weighted by atomic mass is 10.2. The van der Waals surface area contributed by atoms with Crippen molar-refractivity contribution in [3.63, 3.8) is 0 Å². The number of aliphatic hydroxyl groups excluding tert-OH is 1. The fraction of sp³-hybridized carbons (Fsp3) is 0.286. The number of thiophene rings is 1. The molecule has 0 aliphatic carbocycles. The Kier molecular flexibility index (Phi) is 5.52. The summed E-state index contributed by atoms with van der Waals surface area (Å²) in [4.78, 5) is 16.6. The van der Waals surface area contributed by atoms with Gasteiger partial charge in [-0.3, -0.25) is 9.78 Å². The molecule has 1 atom stereocenters. The number of aliphatic hydroxyl groups is 1. The number of aryl methyl sites for hydroxylation is 1. The van der Waals surface area contributed by atoms with E-state index in [0.717, 1.165) is 10.6 Å². The van der Waals surface area contributed by atoms with Gasteiger partial charge in [0.25, 0.3) is 0 Å². The monoisotopic (exact) mass is 310 g/mol. The Bertz CT molecular complexity index is 559. The summed E-state index contributed by atoms with van der Waals surface area (Å²) in [6, 6.07) is 9.11. The number of halogens is 1. The molecule has 20 heavy (non-hydrogen) atoms. The zero-order valence-corrected chi connectivity index (χ0v) is 12.3. The maximum atomic E-state index is 11.7. The SMILES string of the molecule is O=C(CCc1ccccn1)NCC(O)c1ccc(Cl)s1. The first-order chi connectivity index (χ1) is 9.65. The molecule has 2 heterocycles. The number of amides is 1. The van der Waals surface area contributed by atoms with Crippen molar-refractivity contribution in [2.75, 3.05) is 6.54 Å². The highest BCUT2D eigenvalue weighted by Gasteiger charge is 2.11. The van der Waals surface area contributed by atoms with Crippen LogP contribution in [0.25, 0.3) is 0 Å². The van der Waals surface area contributed by atoms with Gasteiger partial charge in [0.2, 0.25) is 5.91 Å². The van der Waals surface area contributed by atoms with Crippen molar-refractivity contribution in [1.29, 1.82) is 0 Å². The number of aromatic nitrogens is 1. The lowest BCUT2D eigenvalue weighted by molar-refractivity contribution is -0.121. The van der Waals surface area contributed by atoms with Gasteiger partial charge in [0.1, 0.15) is 6.10 Å². The van der Waals surface area contributed by atoms with Gasteiger partial charge in [0.15, 0.2) is 0 Å². The standard InChI is InChI=1S/C14H15ClN2O2S/c15-13-6-5-12(20-13)11(18)9-17-14(19)7-4-10-3-1-2-8-16-10/h1-3,5-6,8,11,18H,4,7,9H2,(H,17,19). The smallest absolute Gasteiger partial charge is 0.220 e. The van der Waals surface area contributed by atoms with Crippen LogP contribution in [-0.2, 0) is 11.2 Å². The number of hydrogen-bond acceptors (Lipinski definition) is 4. The third-order valence-electron chi connectivity index (χ3n) is 2.75. The molecule has 0 aliphatic heterocycles. The molecular formula is C14H15ClN2O2S. The Morgan fingerprint density at radius 1 is 1.40 bits per heavy atom. The Balaban J connectivity index is 1.72. The van der Waals surface area contributed by atoms with Gasteiger partial charge in [-0.25, -0.2) is 0 Å². The van der Waals surface area contributed by atoms with Crippen molar-refractivity contribution < 1.29 is 9.90 Å². The molecule has 6 heteroatoms. The minimum absolute atomic E-state index is 0.0997. The maximum absolute atomic E-state index is 11.7. The predicted molar refractivity (Wildman–Crippen MR) is 79.9 cm³/mol. The molecule has 2 aromatic rings. The van der Waals surface area contributed by atoms with E-state index in [-0.39, 0.29) is 12.5 Å². The molecule has 0 radical (unpaired) electrons. The Hall–Kier alpha value is -1.43. The first kappa shape index (κ1) is 15.0. The van der Waals surface area contributed by atoms with Crippen molar-refractivity contribution in [2.45, 2.75) is 18.9 Å². The largest absolute Gasteiger partial charge is 0.386 e. The van der Waals surface area contributed by atoms with Crippen LogP contribution in [0.5, 0.6) is 0 Å². The highest BCUT2D eigenvalue weighted by Crippen LogP contribution is 2.26. The van der Waals surface area contributed by atoms with E-state index in [1.807, 2.05) is 18.2 Å². The molecular weight excluding hydrogens is 296 g/mol. The van der Waals surface area contributed by atoms with Gasteiger partial charge in [0, 0.05) is 29.7 Å². The second-order valence-corrected chi connectivity index (χ2v) is 6.03. The zero-order valence-electron chi connectivity index (χ0n) is 10.8. The average Bonchev–Trinajstić information content (AvgIpc) is 2.90. The van der Waals surface area contributed by atoms with Gasteiger partial charge < -0.3 is 10.4 Å². The van der Waals surface area contributed by atoms with E-state index in [1.165, 1.54) is 11.3 Å². The molecule has 1 unspecified atom stereocenters. The summed E-state index contributed by atoms with van der Waals surface area (Å²) in [6.45, 7) is 0.192. The van der Waals surface area contributed by atoms with Gasteiger partial charge in [-0.15, -0.1) is 11.3 Å². The quantitative estimate of drug-likeness (QED) is 0.862. The number of hydrogen-bond donors (Lipinski definition) is 2. The number of carbonyl (C=O) groups excluding carboxylic acids is 1. The fourth-order valence-corrected chi connectivity index (χ4v) is 2.74. The number of nitrogens with one attached hydrogen (secondary N) is 1. The maximum Gasteiger partial charge on any atom is 0.220 e. The van der Waals surface area contributed by atoms with E-state index >= 15 is 0 Å². The van der Waals surface area contributed by atoms with E-state index in [0.29, 0.717) is 17.2 Å². The first-order valence-corrected chi connectivity index (χ1v) is 7.44. The van der Waals surface area contributed by atoms with Gasteiger partial charge in [-0.1, -0.05) is 17.7 Å². The Morgan fingerprint density at radius 3 is 2.90 bits per heavy atom. The lowest BCUT2D eigenvalue weighted by Gasteiger charge is -2.10. The van der Waals surface area contributed by atoms with Crippen LogP contribution in [-0.4, -0.2) is 22.5 Å². The van der Waals surface area contributed by atoms with Gasteiger partial charge in [-0.05, 0) is 30.7 Å². The summed E-state index contributed by atoms with van der Waals surface area (Å²) in [5, 5.41) is 12.6. The van der Waals surface area contributed by atoms with Crippen LogP contribution in [0.1, 0.15) is 23.1 Å². The van der Waals surface area contributed by atoms with Crippen molar-refractivity contribution in [3.05, 3.63) is 51.4 Å². The van der Waals surface area contributed by atoms with E-state index in [9.17, 15) is 9.90 Å². The molecule has 0 bridgehead atoms. The minimum atomic E-state index is -0.716. The first-order valence-electron chi connectivity index (χ1n) is 6.25. The summed E-state index contributed by atoms with van der Waals surface area (Å²) in [5.74, 6) is -0.0997.